The van der Waals surface area contributed by atoms with Crippen molar-refractivity contribution in [3.63, 3.8) is 0 Å². The molecule has 0 aliphatic carbocycles. The molecule has 4 heteroatoms. The third-order valence-electron chi connectivity index (χ3n) is 3.72. The van der Waals surface area contributed by atoms with Crippen molar-refractivity contribution < 1.29 is 4.79 Å². The molecule has 1 fully saturated rings. The minimum atomic E-state index is 0.213. The van der Waals surface area contributed by atoms with E-state index in [1.807, 2.05) is 0 Å². The van der Waals surface area contributed by atoms with E-state index in [-0.39, 0.29) is 5.91 Å². The molecule has 1 amide bonds. The van der Waals surface area contributed by atoms with Crippen LogP contribution in [0.15, 0.2) is 17.5 Å². The molecule has 1 aliphatic rings. The summed E-state index contributed by atoms with van der Waals surface area (Å²) >= 11 is 1.77. The van der Waals surface area contributed by atoms with Gasteiger partial charge in [-0.25, -0.2) is 0 Å². The van der Waals surface area contributed by atoms with E-state index in [0.717, 1.165) is 25.9 Å². The van der Waals surface area contributed by atoms with Gasteiger partial charge in [0, 0.05) is 24.4 Å². The number of hydrogen-bond donors (Lipinski definition) is 1. The van der Waals surface area contributed by atoms with E-state index in [1.165, 1.54) is 24.3 Å². The molecule has 1 saturated heterocycles. The van der Waals surface area contributed by atoms with Crippen molar-refractivity contribution in [2.24, 2.45) is 5.92 Å². The van der Waals surface area contributed by atoms with Crippen LogP contribution in [0.25, 0.3) is 0 Å². The molecule has 0 radical (unpaired) electrons. The summed E-state index contributed by atoms with van der Waals surface area (Å²) in [5, 5.41) is 5.18. The van der Waals surface area contributed by atoms with Gasteiger partial charge in [-0.05, 0) is 56.6 Å². The maximum atomic E-state index is 11.8. The molecule has 1 atom stereocenters. The Morgan fingerprint density at radius 1 is 1.58 bits per heavy atom. The van der Waals surface area contributed by atoms with Gasteiger partial charge in [0.2, 0.25) is 5.91 Å². The quantitative estimate of drug-likeness (QED) is 0.868. The summed E-state index contributed by atoms with van der Waals surface area (Å²) in [6.45, 7) is 3.17. The summed E-state index contributed by atoms with van der Waals surface area (Å²) in [6.07, 6.45) is 5.14. The molecule has 0 bridgehead atoms. The van der Waals surface area contributed by atoms with Gasteiger partial charge in [-0.3, -0.25) is 4.79 Å². The summed E-state index contributed by atoms with van der Waals surface area (Å²) in [7, 11) is 2.16. The molecule has 0 spiro atoms. The summed E-state index contributed by atoms with van der Waals surface area (Å²) in [5.74, 6) is 0.852. The van der Waals surface area contributed by atoms with E-state index < -0.39 is 0 Å². The zero-order chi connectivity index (χ0) is 13.5. The third kappa shape index (κ3) is 5.33. The largest absolute Gasteiger partial charge is 0.356 e. The molecular formula is C15H24N2OS. The van der Waals surface area contributed by atoms with E-state index >= 15 is 0 Å². The van der Waals surface area contributed by atoms with Crippen LogP contribution in [0, 0.1) is 5.92 Å². The lowest BCUT2D eigenvalue weighted by Gasteiger charge is -2.29. The Balaban J connectivity index is 1.56. The fourth-order valence-corrected chi connectivity index (χ4v) is 3.42. The molecule has 0 unspecified atom stereocenters. The fraction of sp³-hybridized carbons (Fsp3) is 0.667. The maximum absolute atomic E-state index is 11.8. The summed E-state index contributed by atoms with van der Waals surface area (Å²) < 4.78 is 0. The van der Waals surface area contributed by atoms with Crippen LogP contribution < -0.4 is 5.32 Å². The van der Waals surface area contributed by atoms with Crippen molar-refractivity contribution >= 4 is 17.2 Å². The average molecular weight is 280 g/mol. The highest BCUT2D eigenvalue weighted by Gasteiger charge is 2.17. The van der Waals surface area contributed by atoms with Crippen molar-refractivity contribution in [1.82, 2.24) is 10.2 Å². The Kier molecular flexibility index (Phi) is 5.86. The number of carbonyl (C=O) groups is 1. The predicted octanol–water partition coefficient (Wildman–Crippen LogP) is 2.53. The molecule has 1 aromatic heterocycles. The number of nitrogens with one attached hydrogen (secondary N) is 1. The second-order valence-electron chi connectivity index (χ2n) is 5.51. The van der Waals surface area contributed by atoms with Gasteiger partial charge in [0.1, 0.15) is 0 Å². The Hall–Kier alpha value is -0.870. The minimum absolute atomic E-state index is 0.213. The van der Waals surface area contributed by atoms with Crippen LogP contribution in [0.5, 0.6) is 0 Å². The molecule has 106 valence electrons. The molecule has 0 aromatic carbocycles. The number of nitrogens with zero attached hydrogens (tertiary/aromatic N) is 1. The summed E-state index contributed by atoms with van der Waals surface area (Å²) in [6, 6.07) is 4.21. The van der Waals surface area contributed by atoms with Gasteiger partial charge < -0.3 is 10.2 Å². The van der Waals surface area contributed by atoms with Crippen LogP contribution in [0.2, 0.25) is 0 Å². The lowest BCUT2D eigenvalue weighted by atomic mass is 9.98. The molecule has 19 heavy (non-hydrogen) atoms. The number of likely N-dealkylation sites (tertiary alicyclic amines) is 1. The number of amides is 1. The van der Waals surface area contributed by atoms with Crippen LogP contribution in [0.1, 0.15) is 30.6 Å². The normalized spacial score (nSPS) is 20.4. The molecule has 1 N–H and O–H groups in total. The van der Waals surface area contributed by atoms with Gasteiger partial charge in [-0.15, -0.1) is 11.3 Å². The number of carbonyl (C=O) groups excluding carboxylic acids is 1. The molecule has 0 saturated carbocycles. The molecule has 2 heterocycles. The van der Waals surface area contributed by atoms with Gasteiger partial charge in [0.25, 0.3) is 0 Å². The fourth-order valence-electron chi connectivity index (χ4n) is 2.66. The lowest BCUT2D eigenvalue weighted by Crippen LogP contribution is -2.39. The van der Waals surface area contributed by atoms with E-state index in [0.29, 0.717) is 12.3 Å². The highest BCUT2D eigenvalue weighted by Crippen LogP contribution is 2.14. The third-order valence-corrected chi connectivity index (χ3v) is 4.65. The van der Waals surface area contributed by atoms with E-state index in [1.54, 1.807) is 11.3 Å². The summed E-state index contributed by atoms with van der Waals surface area (Å²) in [4.78, 5) is 15.5. The SMILES string of the molecule is CN1CCC[C@@H](CNC(=O)CCCc2cccs2)C1. The second kappa shape index (κ2) is 7.65. The summed E-state index contributed by atoms with van der Waals surface area (Å²) in [5.41, 5.74) is 0. The van der Waals surface area contributed by atoms with Gasteiger partial charge in [0.15, 0.2) is 0 Å². The first-order valence-electron chi connectivity index (χ1n) is 7.21. The van der Waals surface area contributed by atoms with E-state index in [2.05, 4.69) is 34.8 Å². The van der Waals surface area contributed by atoms with Crippen molar-refractivity contribution in [2.45, 2.75) is 32.1 Å². The topological polar surface area (TPSA) is 32.3 Å². The predicted molar refractivity (Wildman–Crippen MR) is 80.5 cm³/mol. The van der Waals surface area contributed by atoms with Gasteiger partial charge in [-0.2, -0.15) is 0 Å². The molecular weight excluding hydrogens is 256 g/mol. The smallest absolute Gasteiger partial charge is 0.220 e. The number of hydrogen-bond acceptors (Lipinski definition) is 3. The van der Waals surface area contributed by atoms with Crippen molar-refractivity contribution in [1.29, 1.82) is 0 Å². The van der Waals surface area contributed by atoms with Crippen LogP contribution in [-0.4, -0.2) is 37.5 Å². The van der Waals surface area contributed by atoms with Crippen LogP contribution >= 0.6 is 11.3 Å². The molecule has 1 aromatic rings. The van der Waals surface area contributed by atoms with Crippen molar-refractivity contribution in [3.8, 4) is 0 Å². The lowest BCUT2D eigenvalue weighted by molar-refractivity contribution is -0.121. The highest BCUT2D eigenvalue weighted by atomic mass is 32.1. The Labute approximate surface area is 120 Å². The Morgan fingerprint density at radius 3 is 3.21 bits per heavy atom. The van der Waals surface area contributed by atoms with Crippen LogP contribution in [-0.2, 0) is 11.2 Å². The van der Waals surface area contributed by atoms with Crippen molar-refractivity contribution in [3.05, 3.63) is 22.4 Å². The Morgan fingerprint density at radius 2 is 2.47 bits per heavy atom. The van der Waals surface area contributed by atoms with Gasteiger partial charge in [-0.1, -0.05) is 6.07 Å². The monoisotopic (exact) mass is 280 g/mol. The van der Waals surface area contributed by atoms with E-state index in [4.69, 9.17) is 0 Å². The second-order valence-corrected chi connectivity index (χ2v) is 6.54. The van der Waals surface area contributed by atoms with Gasteiger partial charge >= 0.3 is 0 Å². The van der Waals surface area contributed by atoms with Gasteiger partial charge in [0.05, 0.1) is 0 Å². The van der Waals surface area contributed by atoms with Crippen LogP contribution in [0.3, 0.4) is 0 Å². The first kappa shape index (κ1) is 14.5. The highest BCUT2D eigenvalue weighted by molar-refractivity contribution is 7.09. The first-order valence-corrected chi connectivity index (χ1v) is 8.09. The Bertz CT molecular complexity index is 378. The molecule has 1 aliphatic heterocycles. The van der Waals surface area contributed by atoms with E-state index in [9.17, 15) is 4.79 Å². The molecule has 3 nitrogen and oxygen atoms in total. The number of thiophene rings is 1. The number of aryl methyl sites for hydroxylation is 1. The first-order chi connectivity index (χ1) is 9.24. The van der Waals surface area contributed by atoms with Crippen molar-refractivity contribution in [2.75, 3.05) is 26.7 Å². The molecule has 2 rings (SSSR count). The zero-order valence-corrected chi connectivity index (χ0v) is 12.5. The zero-order valence-electron chi connectivity index (χ0n) is 11.7. The minimum Gasteiger partial charge on any atom is -0.356 e. The maximum Gasteiger partial charge on any atom is 0.220 e. The standard InChI is InChI=1S/C15H24N2OS/c1-17-9-3-5-13(12-17)11-16-15(18)8-2-6-14-7-4-10-19-14/h4,7,10,13H,2-3,5-6,8-9,11-12H2,1H3,(H,16,18)/t13-/m0/s1. The number of rotatable bonds is 6. The number of piperidine rings is 1. The average Bonchev–Trinajstić information content (AvgIpc) is 2.90. The van der Waals surface area contributed by atoms with Crippen LogP contribution in [0.4, 0.5) is 0 Å².